The van der Waals surface area contributed by atoms with Crippen LogP contribution in [0.2, 0.25) is 0 Å². The van der Waals surface area contributed by atoms with Gasteiger partial charge in [-0.25, -0.2) is 9.59 Å². The van der Waals surface area contributed by atoms with Crippen molar-refractivity contribution in [2.24, 2.45) is 5.41 Å². The zero-order chi connectivity index (χ0) is 15.3. The second kappa shape index (κ2) is 6.27. The van der Waals surface area contributed by atoms with Gasteiger partial charge < -0.3 is 20.8 Å². The number of aromatic carboxylic acids is 1. The van der Waals surface area contributed by atoms with Gasteiger partial charge in [0, 0.05) is 6.54 Å². The summed E-state index contributed by atoms with van der Waals surface area (Å²) >= 11 is 0. The first-order chi connectivity index (χ1) is 9.19. The Hall–Kier alpha value is -2.24. The molecular formula is C14H20N2O4. The molecule has 0 heterocycles. The number of benzene rings is 1. The third-order valence-corrected chi connectivity index (χ3v) is 2.64. The number of hydrogen-bond donors (Lipinski definition) is 4. The highest BCUT2D eigenvalue weighted by Crippen LogP contribution is 2.21. The highest BCUT2D eigenvalue weighted by atomic mass is 16.4. The molecule has 0 fully saturated rings. The van der Waals surface area contributed by atoms with Crippen molar-refractivity contribution < 1.29 is 19.8 Å². The minimum atomic E-state index is -1.22. The second-order valence-corrected chi connectivity index (χ2v) is 5.73. The second-order valence-electron chi connectivity index (χ2n) is 5.73. The molecule has 0 atom stereocenters. The molecule has 0 spiro atoms. The molecule has 0 saturated carbocycles. The van der Waals surface area contributed by atoms with Gasteiger partial charge in [0.2, 0.25) is 0 Å². The predicted molar refractivity (Wildman–Crippen MR) is 76.2 cm³/mol. The van der Waals surface area contributed by atoms with E-state index < -0.39 is 12.0 Å². The molecule has 0 aromatic heterocycles. The minimum Gasteiger partial charge on any atom is -0.508 e. The topological polar surface area (TPSA) is 98.7 Å². The average Bonchev–Trinajstić information content (AvgIpc) is 2.29. The Morgan fingerprint density at radius 2 is 1.90 bits per heavy atom. The van der Waals surface area contributed by atoms with Crippen LogP contribution < -0.4 is 10.6 Å². The Bertz CT molecular complexity index is 506. The Balaban J connectivity index is 2.64. The molecule has 0 saturated heterocycles. The van der Waals surface area contributed by atoms with Gasteiger partial charge in [-0.05, 0) is 30.0 Å². The van der Waals surface area contributed by atoms with Gasteiger partial charge in [-0.1, -0.05) is 20.8 Å². The molecule has 0 aliphatic heterocycles. The van der Waals surface area contributed by atoms with E-state index in [1.54, 1.807) is 0 Å². The first kappa shape index (κ1) is 15.8. The van der Waals surface area contributed by atoms with Crippen LogP contribution in [-0.4, -0.2) is 28.8 Å². The molecule has 1 rings (SSSR count). The normalized spacial score (nSPS) is 10.9. The van der Waals surface area contributed by atoms with E-state index >= 15 is 0 Å². The Labute approximate surface area is 117 Å². The summed E-state index contributed by atoms with van der Waals surface area (Å²) in [7, 11) is 0. The first-order valence-corrected chi connectivity index (χ1v) is 6.30. The number of hydrogen-bond acceptors (Lipinski definition) is 3. The SMILES string of the molecule is CC(C)(C)CCNC(=O)Nc1ccc(O)cc1C(=O)O. The van der Waals surface area contributed by atoms with Crippen LogP contribution in [0.4, 0.5) is 10.5 Å². The van der Waals surface area contributed by atoms with Crippen molar-refractivity contribution in [3.05, 3.63) is 23.8 Å². The zero-order valence-electron chi connectivity index (χ0n) is 11.9. The Morgan fingerprint density at radius 1 is 1.25 bits per heavy atom. The summed E-state index contributed by atoms with van der Waals surface area (Å²) in [4.78, 5) is 22.7. The lowest BCUT2D eigenvalue weighted by atomic mass is 9.92. The third-order valence-electron chi connectivity index (χ3n) is 2.64. The molecule has 0 unspecified atom stereocenters. The molecule has 1 aromatic carbocycles. The van der Waals surface area contributed by atoms with Gasteiger partial charge in [0.15, 0.2) is 0 Å². The lowest BCUT2D eigenvalue weighted by Gasteiger charge is -2.18. The maximum absolute atomic E-state index is 11.7. The van der Waals surface area contributed by atoms with Crippen LogP contribution in [0.15, 0.2) is 18.2 Å². The van der Waals surface area contributed by atoms with E-state index in [1.165, 1.54) is 12.1 Å². The molecule has 6 heteroatoms. The number of phenolic OH excluding ortho intramolecular Hbond substituents is 1. The molecular weight excluding hydrogens is 260 g/mol. The van der Waals surface area contributed by atoms with Crippen molar-refractivity contribution in [2.45, 2.75) is 27.2 Å². The number of rotatable bonds is 4. The fourth-order valence-corrected chi connectivity index (χ4v) is 1.54. The summed E-state index contributed by atoms with van der Waals surface area (Å²) in [6.45, 7) is 6.69. The number of anilines is 1. The van der Waals surface area contributed by atoms with Crippen LogP contribution in [0.25, 0.3) is 0 Å². The van der Waals surface area contributed by atoms with E-state index in [2.05, 4.69) is 31.4 Å². The first-order valence-electron chi connectivity index (χ1n) is 6.30. The van der Waals surface area contributed by atoms with Gasteiger partial charge in [0.05, 0.1) is 11.3 Å². The molecule has 4 N–H and O–H groups in total. The summed E-state index contributed by atoms with van der Waals surface area (Å²) in [5.74, 6) is -1.38. The van der Waals surface area contributed by atoms with Crippen LogP contribution in [0.5, 0.6) is 5.75 Å². The quantitative estimate of drug-likeness (QED) is 0.637. The lowest BCUT2D eigenvalue weighted by Crippen LogP contribution is -2.31. The van der Waals surface area contributed by atoms with Gasteiger partial charge in [0.25, 0.3) is 0 Å². The summed E-state index contributed by atoms with van der Waals surface area (Å²) < 4.78 is 0. The number of carboxylic acid groups (broad SMARTS) is 1. The van der Waals surface area contributed by atoms with Gasteiger partial charge in [0.1, 0.15) is 5.75 Å². The van der Waals surface area contributed by atoms with Crippen LogP contribution >= 0.6 is 0 Å². The number of aromatic hydroxyl groups is 1. The smallest absolute Gasteiger partial charge is 0.337 e. The van der Waals surface area contributed by atoms with Gasteiger partial charge in [-0.2, -0.15) is 0 Å². The Morgan fingerprint density at radius 3 is 2.45 bits per heavy atom. The molecule has 0 aliphatic rings. The minimum absolute atomic E-state index is 0.109. The summed E-state index contributed by atoms with van der Waals surface area (Å²) in [5.41, 5.74) is 0.0948. The van der Waals surface area contributed by atoms with Crippen molar-refractivity contribution in [2.75, 3.05) is 11.9 Å². The van der Waals surface area contributed by atoms with Gasteiger partial charge in [-0.3, -0.25) is 0 Å². The maximum Gasteiger partial charge on any atom is 0.337 e. The lowest BCUT2D eigenvalue weighted by molar-refractivity contribution is 0.0697. The molecule has 2 amide bonds. The van der Waals surface area contributed by atoms with E-state index in [9.17, 15) is 14.7 Å². The van der Waals surface area contributed by atoms with E-state index in [4.69, 9.17) is 5.11 Å². The number of nitrogens with one attached hydrogen (secondary N) is 2. The monoisotopic (exact) mass is 280 g/mol. The molecule has 1 aromatic rings. The van der Waals surface area contributed by atoms with Crippen molar-refractivity contribution in [3.8, 4) is 5.75 Å². The highest BCUT2D eigenvalue weighted by molar-refractivity contribution is 6.00. The van der Waals surface area contributed by atoms with Crippen LogP contribution in [-0.2, 0) is 0 Å². The fraction of sp³-hybridized carbons (Fsp3) is 0.429. The van der Waals surface area contributed by atoms with E-state index in [-0.39, 0.29) is 22.4 Å². The number of urea groups is 1. The van der Waals surface area contributed by atoms with Gasteiger partial charge in [-0.15, -0.1) is 0 Å². The number of carbonyl (C=O) groups is 2. The average molecular weight is 280 g/mol. The largest absolute Gasteiger partial charge is 0.508 e. The van der Waals surface area contributed by atoms with Crippen molar-refractivity contribution in [1.82, 2.24) is 5.32 Å². The van der Waals surface area contributed by atoms with Crippen molar-refractivity contribution in [1.29, 1.82) is 0 Å². The molecule has 6 nitrogen and oxygen atoms in total. The predicted octanol–water partition coefficient (Wildman–Crippen LogP) is 2.65. The van der Waals surface area contributed by atoms with Crippen LogP contribution in [0.3, 0.4) is 0 Å². The maximum atomic E-state index is 11.7. The van der Waals surface area contributed by atoms with Crippen molar-refractivity contribution in [3.63, 3.8) is 0 Å². The molecule has 0 bridgehead atoms. The number of carbonyl (C=O) groups excluding carboxylic acids is 1. The Kier molecular flexibility index (Phi) is 4.96. The summed E-state index contributed by atoms with van der Waals surface area (Å²) in [6.07, 6.45) is 0.807. The fourth-order valence-electron chi connectivity index (χ4n) is 1.54. The van der Waals surface area contributed by atoms with Gasteiger partial charge >= 0.3 is 12.0 Å². The van der Waals surface area contributed by atoms with E-state index in [1.807, 2.05) is 0 Å². The standard InChI is InChI=1S/C14H20N2O4/c1-14(2,3)6-7-15-13(20)16-11-5-4-9(17)8-10(11)12(18)19/h4-5,8,17H,6-7H2,1-3H3,(H,18,19)(H2,15,16,20). The summed E-state index contributed by atoms with van der Waals surface area (Å²) in [6, 6.07) is 3.29. The van der Waals surface area contributed by atoms with Crippen LogP contribution in [0.1, 0.15) is 37.6 Å². The third kappa shape index (κ3) is 5.17. The summed E-state index contributed by atoms with van der Waals surface area (Å²) in [5, 5.41) is 23.4. The van der Waals surface area contributed by atoms with Crippen molar-refractivity contribution >= 4 is 17.7 Å². The van der Waals surface area contributed by atoms with E-state index in [0.717, 1.165) is 12.5 Å². The number of phenols is 1. The highest BCUT2D eigenvalue weighted by Gasteiger charge is 2.14. The molecule has 110 valence electrons. The number of carboxylic acids is 1. The van der Waals surface area contributed by atoms with Crippen LogP contribution in [0, 0.1) is 5.41 Å². The molecule has 0 aliphatic carbocycles. The molecule has 20 heavy (non-hydrogen) atoms. The molecule has 0 radical (unpaired) electrons. The zero-order valence-corrected chi connectivity index (χ0v) is 11.9. The number of amides is 2. The van der Waals surface area contributed by atoms with E-state index in [0.29, 0.717) is 6.54 Å².